The molecular formula is C21H18F2O4. The molecule has 0 aromatic heterocycles. The molecule has 0 aliphatic carbocycles. The van der Waals surface area contributed by atoms with Gasteiger partial charge in [0.2, 0.25) is 0 Å². The first-order valence-corrected chi connectivity index (χ1v) is 8.31. The van der Waals surface area contributed by atoms with E-state index in [2.05, 4.69) is 11.8 Å². The average Bonchev–Trinajstić information content (AvgIpc) is 2.68. The van der Waals surface area contributed by atoms with Crippen molar-refractivity contribution in [3.05, 3.63) is 71.8 Å². The molecule has 1 aliphatic heterocycles. The minimum absolute atomic E-state index is 0.0746. The van der Waals surface area contributed by atoms with E-state index in [4.69, 9.17) is 14.2 Å². The molecule has 140 valence electrons. The van der Waals surface area contributed by atoms with Crippen LogP contribution in [0.25, 0.3) is 0 Å². The van der Waals surface area contributed by atoms with Gasteiger partial charge in [0.25, 0.3) is 0 Å². The van der Waals surface area contributed by atoms with Crippen molar-refractivity contribution < 1.29 is 28.1 Å². The van der Waals surface area contributed by atoms with E-state index < -0.39 is 29.9 Å². The summed E-state index contributed by atoms with van der Waals surface area (Å²) in [6, 6.07) is 10.2. The summed E-state index contributed by atoms with van der Waals surface area (Å²) >= 11 is 0. The van der Waals surface area contributed by atoms with Crippen LogP contribution in [0.4, 0.5) is 8.78 Å². The first-order chi connectivity index (χ1) is 13.1. The second-order valence-corrected chi connectivity index (χ2v) is 5.81. The SMILES string of the molecule is COc1ccc(OC2C=CC(C#Cc3ccc(F)cc3F)OC2CO)cc1. The number of hydrogen-bond donors (Lipinski definition) is 1. The first-order valence-electron chi connectivity index (χ1n) is 8.31. The molecule has 0 spiro atoms. The van der Waals surface area contributed by atoms with E-state index in [0.29, 0.717) is 11.5 Å². The molecule has 1 N–H and O–H groups in total. The molecule has 2 aromatic carbocycles. The van der Waals surface area contributed by atoms with Gasteiger partial charge in [0.1, 0.15) is 41.4 Å². The van der Waals surface area contributed by atoms with Crippen molar-refractivity contribution in [2.45, 2.75) is 18.3 Å². The lowest BCUT2D eigenvalue weighted by Gasteiger charge is -2.29. The van der Waals surface area contributed by atoms with Crippen molar-refractivity contribution in [2.24, 2.45) is 0 Å². The molecule has 3 unspecified atom stereocenters. The number of hydrogen-bond acceptors (Lipinski definition) is 4. The van der Waals surface area contributed by atoms with Crippen LogP contribution in [0.2, 0.25) is 0 Å². The number of aliphatic hydroxyl groups is 1. The highest BCUT2D eigenvalue weighted by Crippen LogP contribution is 2.22. The summed E-state index contributed by atoms with van der Waals surface area (Å²) in [5.74, 6) is 5.30. The van der Waals surface area contributed by atoms with Gasteiger partial charge in [-0.05, 0) is 48.6 Å². The van der Waals surface area contributed by atoms with E-state index in [1.807, 2.05) is 0 Å². The zero-order valence-corrected chi connectivity index (χ0v) is 14.6. The van der Waals surface area contributed by atoms with E-state index in [1.54, 1.807) is 43.5 Å². The predicted molar refractivity (Wildman–Crippen MR) is 95.5 cm³/mol. The molecule has 1 aliphatic rings. The van der Waals surface area contributed by atoms with Crippen molar-refractivity contribution in [3.8, 4) is 23.3 Å². The van der Waals surface area contributed by atoms with Gasteiger partial charge in [0, 0.05) is 6.07 Å². The maximum atomic E-state index is 13.6. The zero-order valence-electron chi connectivity index (χ0n) is 14.6. The summed E-state index contributed by atoms with van der Waals surface area (Å²) in [5.41, 5.74) is 0.0746. The largest absolute Gasteiger partial charge is 0.497 e. The van der Waals surface area contributed by atoms with Crippen LogP contribution in [0, 0.1) is 23.5 Å². The zero-order chi connectivity index (χ0) is 19.2. The van der Waals surface area contributed by atoms with E-state index in [1.165, 1.54) is 6.07 Å². The third-order valence-electron chi connectivity index (χ3n) is 3.96. The van der Waals surface area contributed by atoms with Gasteiger partial charge in [-0.3, -0.25) is 0 Å². The van der Waals surface area contributed by atoms with Gasteiger partial charge in [0.15, 0.2) is 0 Å². The molecule has 4 nitrogen and oxygen atoms in total. The molecule has 1 heterocycles. The lowest BCUT2D eigenvalue weighted by Crippen LogP contribution is -2.40. The number of ether oxygens (including phenoxy) is 3. The molecule has 0 saturated carbocycles. The highest BCUT2D eigenvalue weighted by Gasteiger charge is 2.27. The minimum atomic E-state index is -0.735. The lowest BCUT2D eigenvalue weighted by molar-refractivity contribution is -0.0549. The van der Waals surface area contributed by atoms with Crippen LogP contribution in [0.3, 0.4) is 0 Å². The number of aliphatic hydroxyl groups excluding tert-OH is 1. The van der Waals surface area contributed by atoms with Crippen molar-refractivity contribution in [2.75, 3.05) is 13.7 Å². The minimum Gasteiger partial charge on any atom is -0.497 e. The summed E-state index contributed by atoms with van der Waals surface area (Å²) < 4.78 is 43.2. The fraction of sp³-hybridized carbons (Fsp3) is 0.238. The summed E-state index contributed by atoms with van der Waals surface area (Å²) in [4.78, 5) is 0. The quantitative estimate of drug-likeness (QED) is 0.662. The van der Waals surface area contributed by atoms with E-state index in [-0.39, 0.29) is 12.2 Å². The molecule has 3 atom stereocenters. The Morgan fingerprint density at radius 3 is 2.48 bits per heavy atom. The van der Waals surface area contributed by atoms with Gasteiger partial charge in [-0.2, -0.15) is 0 Å². The molecule has 27 heavy (non-hydrogen) atoms. The third-order valence-corrected chi connectivity index (χ3v) is 3.96. The maximum absolute atomic E-state index is 13.6. The molecule has 2 aromatic rings. The van der Waals surface area contributed by atoms with Crippen molar-refractivity contribution in [1.29, 1.82) is 0 Å². The summed E-state index contributed by atoms with van der Waals surface area (Å²) in [6.45, 7) is -0.270. The van der Waals surface area contributed by atoms with Crippen LogP contribution in [0.5, 0.6) is 11.5 Å². The molecule has 0 saturated heterocycles. The lowest BCUT2D eigenvalue weighted by atomic mass is 10.1. The van der Waals surface area contributed by atoms with Crippen LogP contribution in [-0.2, 0) is 4.74 Å². The van der Waals surface area contributed by atoms with Crippen molar-refractivity contribution in [3.63, 3.8) is 0 Å². The molecule has 0 bridgehead atoms. The number of benzene rings is 2. The van der Waals surface area contributed by atoms with Crippen molar-refractivity contribution in [1.82, 2.24) is 0 Å². The molecule has 0 fully saturated rings. The van der Waals surface area contributed by atoms with Crippen molar-refractivity contribution >= 4 is 0 Å². The number of halogens is 2. The van der Waals surface area contributed by atoms with Gasteiger partial charge >= 0.3 is 0 Å². The van der Waals surface area contributed by atoms with Crippen LogP contribution in [0.1, 0.15) is 5.56 Å². The Balaban J connectivity index is 1.70. The second kappa shape index (κ2) is 8.67. The molecule has 6 heteroatoms. The Morgan fingerprint density at radius 1 is 1.07 bits per heavy atom. The van der Waals surface area contributed by atoms with Crippen LogP contribution < -0.4 is 9.47 Å². The average molecular weight is 372 g/mol. The van der Waals surface area contributed by atoms with Gasteiger partial charge in [-0.25, -0.2) is 8.78 Å². The second-order valence-electron chi connectivity index (χ2n) is 5.81. The molecular weight excluding hydrogens is 354 g/mol. The van der Waals surface area contributed by atoms with E-state index >= 15 is 0 Å². The van der Waals surface area contributed by atoms with E-state index in [9.17, 15) is 13.9 Å². The smallest absolute Gasteiger partial charge is 0.145 e. The topological polar surface area (TPSA) is 47.9 Å². The molecule has 0 amide bonds. The maximum Gasteiger partial charge on any atom is 0.145 e. The van der Waals surface area contributed by atoms with Gasteiger partial charge in [0.05, 0.1) is 19.3 Å². The fourth-order valence-electron chi connectivity index (χ4n) is 2.54. The monoisotopic (exact) mass is 372 g/mol. The summed E-state index contributed by atoms with van der Waals surface area (Å²) in [7, 11) is 1.58. The first kappa shape index (κ1) is 18.9. The van der Waals surface area contributed by atoms with Crippen LogP contribution >= 0.6 is 0 Å². The Morgan fingerprint density at radius 2 is 1.81 bits per heavy atom. The normalized spacial score (nSPS) is 21.3. The highest BCUT2D eigenvalue weighted by molar-refractivity contribution is 5.37. The van der Waals surface area contributed by atoms with Gasteiger partial charge in [-0.15, -0.1) is 0 Å². The predicted octanol–water partition coefficient (Wildman–Crippen LogP) is 3.09. The standard InChI is InChI=1S/C21H18F2O4/c1-25-16-6-8-18(9-7-16)26-20-11-10-17(27-21(20)13-24)5-3-14-2-4-15(22)12-19(14)23/h2,4,6-12,17,20-21,24H,13H2,1H3. The van der Waals surface area contributed by atoms with Crippen LogP contribution in [-0.4, -0.2) is 37.1 Å². The third kappa shape index (κ3) is 4.85. The van der Waals surface area contributed by atoms with Gasteiger partial charge < -0.3 is 19.3 Å². The van der Waals surface area contributed by atoms with Gasteiger partial charge in [-0.1, -0.05) is 11.8 Å². The van der Waals surface area contributed by atoms with Crippen LogP contribution in [0.15, 0.2) is 54.6 Å². The molecule has 0 radical (unpaired) electrons. The molecule has 3 rings (SSSR count). The summed E-state index contributed by atoms with van der Waals surface area (Å²) in [5, 5.41) is 9.59. The Hall–Kier alpha value is -2.88. The Bertz CT molecular complexity index is 868. The Labute approximate surface area is 156 Å². The summed E-state index contributed by atoms with van der Waals surface area (Å²) in [6.07, 6.45) is 1.66. The van der Waals surface area contributed by atoms with E-state index in [0.717, 1.165) is 12.1 Å². The number of methoxy groups -OCH3 is 1. The number of rotatable bonds is 4. The fourth-order valence-corrected chi connectivity index (χ4v) is 2.54. The highest BCUT2D eigenvalue weighted by atomic mass is 19.1. The Kier molecular flexibility index (Phi) is 6.07.